The van der Waals surface area contributed by atoms with Gasteiger partial charge in [0.1, 0.15) is 63.1 Å². The van der Waals surface area contributed by atoms with Gasteiger partial charge in [-0.3, -0.25) is 9.59 Å². The molecule has 0 fully saturated rings. The van der Waals surface area contributed by atoms with Crippen LogP contribution < -0.4 is 10.2 Å². The van der Waals surface area contributed by atoms with Gasteiger partial charge in [0.05, 0.1) is 12.0 Å². The summed E-state index contributed by atoms with van der Waals surface area (Å²) in [4.78, 5) is 25.9. The molecule has 10 heteroatoms. The molecule has 0 aliphatic carbocycles. The van der Waals surface area contributed by atoms with E-state index in [1.54, 1.807) is 0 Å². The van der Waals surface area contributed by atoms with Crippen molar-refractivity contribution in [2.75, 3.05) is 0 Å². The van der Waals surface area contributed by atoms with Gasteiger partial charge in [-0.1, -0.05) is 6.07 Å². The first kappa shape index (κ1) is 24.7. The first-order chi connectivity index (χ1) is 19.1. The van der Waals surface area contributed by atoms with Crippen molar-refractivity contribution >= 4 is 16.8 Å². The third-order valence-corrected chi connectivity index (χ3v) is 6.76. The highest BCUT2D eigenvalue weighted by Gasteiger charge is 2.32. The summed E-state index contributed by atoms with van der Waals surface area (Å²) in [6.45, 7) is 0. The van der Waals surface area contributed by atoms with Crippen molar-refractivity contribution in [1.29, 1.82) is 0 Å². The molecule has 1 aliphatic rings. The Morgan fingerprint density at radius 1 is 0.675 bits per heavy atom. The molecule has 4 aromatic carbocycles. The van der Waals surface area contributed by atoms with Crippen LogP contribution in [0.3, 0.4) is 0 Å². The summed E-state index contributed by atoms with van der Waals surface area (Å²) in [5, 5.41) is 61.5. The maximum atomic E-state index is 13.1. The van der Waals surface area contributed by atoms with Crippen LogP contribution >= 0.6 is 0 Å². The van der Waals surface area contributed by atoms with Crippen LogP contribution in [0.5, 0.6) is 40.2 Å². The van der Waals surface area contributed by atoms with Gasteiger partial charge in [-0.15, -0.1) is 0 Å². The minimum atomic E-state index is -0.884. The van der Waals surface area contributed by atoms with E-state index in [1.165, 1.54) is 48.5 Å². The summed E-state index contributed by atoms with van der Waals surface area (Å²) in [5.74, 6) is -2.41. The second kappa shape index (κ2) is 8.98. The topological polar surface area (TPSA) is 178 Å². The lowest BCUT2D eigenvalue weighted by Crippen LogP contribution is -2.20. The van der Waals surface area contributed by atoms with E-state index in [4.69, 9.17) is 9.15 Å². The van der Waals surface area contributed by atoms with Gasteiger partial charge in [0.25, 0.3) is 0 Å². The lowest BCUT2D eigenvalue weighted by Gasteiger charge is -2.26. The van der Waals surface area contributed by atoms with Crippen molar-refractivity contribution in [3.63, 3.8) is 0 Å². The smallest absolute Gasteiger partial charge is 0.197 e. The first-order valence-corrected chi connectivity index (χ1v) is 12.0. The summed E-state index contributed by atoms with van der Waals surface area (Å²) in [6, 6.07) is 14.5. The molecule has 200 valence electrons. The average molecular weight is 540 g/mol. The van der Waals surface area contributed by atoms with E-state index in [1.807, 2.05) is 0 Å². The number of rotatable bonds is 3. The van der Waals surface area contributed by atoms with Gasteiger partial charge in [0, 0.05) is 35.4 Å². The van der Waals surface area contributed by atoms with E-state index in [0.29, 0.717) is 11.1 Å². The Morgan fingerprint density at radius 2 is 1.40 bits per heavy atom. The Labute approximate surface area is 224 Å². The Bertz CT molecular complexity index is 1900. The zero-order valence-corrected chi connectivity index (χ0v) is 20.5. The summed E-state index contributed by atoms with van der Waals surface area (Å²) < 4.78 is 11.9. The SMILES string of the molecule is O=C1C[C@H](c2ccc(O)c(-c3c(O)cc(O)c4c(=O)cc(-c5ccc(O)cc5)oc34)c2)Oc2cc(O)cc(O)c21. The minimum Gasteiger partial charge on any atom is -0.508 e. The summed E-state index contributed by atoms with van der Waals surface area (Å²) in [5.41, 5.74) is -0.124. The van der Waals surface area contributed by atoms with Gasteiger partial charge in [-0.05, 0) is 42.0 Å². The number of benzene rings is 4. The molecule has 1 aromatic heterocycles. The Morgan fingerprint density at radius 3 is 2.15 bits per heavy atom. The standard InChI is InChI=1S/C30H20O10/c31-15-4-1-13(2-5-15)24-12-23(38)29-21(36)10-20(35)27(30(29)40-24)17-7-14(3-6-18(17)33)25-11-22(37)28-19(34)8-16(32)9-26(28)39-25/h1-10,12,25,31-36H,11H2/t25-/m1/s1. The molecule has 5 aromatic rings. The minimum absolute atomic E-state index is 0.000984. The van der Waals surface area contributed by atoms with Crippen LogP contribution in [-0.2, 0) is 0 Å². The fourth-order valence-electron chi connectivity index (χ4n) is 4.90. The van der Waals surface area contributed by atoms with Crippen molar-refractivity contribution in [3.8, 4) is 62.7 Å². The number of ether oxygens (including phenoxy) is 1. The fourth-order valence-corrected chi connectivity index (χ4v) is 4.90. The molecule has 1 atom stereocenters. The number of fused-ring (bicyclic) bond motifs is 2. The van der Waals surface area contributed by atoms with Crippen LogP contribution in [0, 0.1) is 0 Å². The fraction of sp³-hybridized carbons (Fsp3) is 0.0667. The van der Waals surface area contributed by atoms with E-state index >= 15 is 0 Å². The summed E-state index contributed by atoms with van der Waals surface area (Å²) in [6.07, 6.45) is -1.05. The van der Waals surface area contributed by atoms with Crippen LogP contribution in [0.4, 0.5) is 0 Å². The molecular formula is C30H20O10. The molecule has 2 heterocycles. The summed E-state index contributed by atoms with van der Waals surface area (Å²) in [7, 11) is 0. The van der Waals surface area contributed by atoms with Gasteiger partial charge in [0.2, 0.25) is 0 Å². The Balaban J connectivity index is 1.53. The average Bonchev–Trinajstić information content (AvgIpc) is 2.89. The number of phenolic OH excluding ortho intramolecular Hbond substituents is 6. The molecular weight excluding hydrogens is 520 g/mol. The second-order valence-electron chi connectivity index (χ2n) is 9.36. The molecule has 0 unspecified atom stereocenters. The molecule has 6 rings (SSSR count). The molecule has 6 N–H and O–H groups in total. The Kier molecular flexibility index (Phi) is 5.54. The highest BCUT2D eigenvalue weighted by Crippen LogP contribution is 2.47. The third-order valence-electron chi connectivity index (χ3n) is 6.76. The molecule has 10 nitrogen and oxygen atoms in total. The lowest BCUT2D eigenvalue weighted by molar-refractivity contribution is 0.0845. The van der Waals surface area contributed by atoms with E-state index in [9.17, 15) is 40.2 Å². The van der Waals surface area contributed by atoms with Crippen LogP contribution in [0.1, 0.15) is 28.4 Å². The molecule has 0 saturated heterocycles. The van der Waals surface area contributed by atoms with Crippen molar-refractivity contribution in [3.05, 3.63) is 88.1 Å². The largest absolute Gasteiger partial charge is 0.508 e. The van der Waals surface area contributed by atoms with E-state index < -0.39 is 34.6 Å². The predicted molar refractivity (Wildman–Crippen MR) is 142 cm³/mol. The Hall–Kier alpha value is -5.64. The van der Waals surface area contributed by atoms with Crippen LogP contribution in [0.2, 0.25) is 0 Å². The molecule has 0 saturated carbocycles. The second-order valence-corrected chi connectivity index (χ2v) is 9.36. The maximum Gasteiger partial charge on any atom is 0.197 e. The van der Waals surface area contributed by atoms with Crippen molar-refractivity contribution < 1.29 is 44.6 Å². The van der Waals surface area contributed by atoms with Crippen molar-refractivity contribution in [2.24, 2.45) is 0 Å². The number of carbonyl (C=O) groups excluding carboxylic acids is 1. The van der Waals surface area contributed by atoms with Crippen LogP contribution in [0.25, 0.3) is 33.4 Å². The zero-order valence-electron chi connectivity index (χ0n) is 20.5. The summed E-state index contributed by atoms with van der Waals surface area (Å²) >= 11 is 0. The lowest BCUT2D eigenvalue weighted by atomic mass is 9.92. The van der Waals surface area contributed by atoms with Crippen LogP contribution in [-0.4, -0.2) is 36.4 Å². The number of hydrogen-bond acceptors (Lipinski definition) is 10. The molecule has 0 spiro atoms. The van der Waals surface area contributed by atoms with Crippen molar-refractivity contribution in [1.82, 2.24) is 0 Å². The van der Waals surface area contributed by atoms with Gasteiger partial charge in [0.15, 0.2) is 16.8 Å². The quantitative estimate of drug-likeness (QED) is 0.181. The van der Waals surface area contributed by atoms with Gasteiger partial charge in [-0.2, -0.15) is 0 Å². The highest BCUT2D eigenvalue weighted by molar-refractivity contribution is 6.03. The van der Waals surface area contributed by atoms with Gasteiger partial charge >= 0.3 is 0 Å². The monoisotopic (exact) mass is 540 g/mol. The van der Waals surface area contributed by atoms with Gasteiger partial charge < -0.3 is 39.8 Å². The predicted octanol–water partition coefficient (Wildman–Crippen LogP) is 5.07. The number of Topliss-reactive ketones (excluding diaryl/α,β-unsaturated/α-hetero) is 1. The van der Waals surface area contributed by atoms with Crippen LogP contribution in [0.15, 0.2) is 75.9 Å². The molecule has 0 radical (unpaired) electrons. The number of ketones is 1. The zero-order chi connectivity index (χ0) is 28.3. The first-order valence-electron chi connectivity index (χ1n) is 12.0. The molecule has 0 amide bonds. The number of phenols is 6. The highest BCUT2D eigenvalue weighted by atomic mass is 16.5. The van der Waals surface area contributed by atoms with E-state index in [0.717, 1.165) is 18.2 Å². The van der Waals surface area contributed by atoms with Gasteiger partial charge in [-0.25, -0.2) is 0 Å². The van der Waals surface area contributed by atoms with E-state index in [-0.39, 0.29) is 62.8 Å². The molecule has 1 aliphatic heterocycles. The molecule has 40 heavy (non-hydrogen) atoms. The normalized spacial score (nSPS) is 14.6. The number of aromatic hydroxyl groups is 6. The number of hydrogen-bond donors (Lipinski definition) is 6. The molecule has 0 bridgehead atoms. The third kappa shape index (κ3) is 3.99. The number of carbonyl (C=O) groups is 1. The van der Waals surface area contributed by atoms with E-state index in [2.05, 4.69) is 0 Å². The maximum absolute atomic E-state index is 13.1. The van der Waals surface area contributed by atoms with Crippen molar-refractivity contribution in [2.45, 2.75) is 12.5 Å².